The summed E-state index contributed by atoms with van der Waals surface area (Å²) < 4.78 is 5.39. The van der Waals surface area contributed by atoms with Gasteiger partial charge in [-0.2, -0.15) is 0 Å². The normalized spacial score (nSPS) is 25.6. The number of fused-ring (bicyclic) bond motifs is 1. The van der Waals surface area contributed by atoms with Gasteiger partial charge in [-0.3, -0.25) is 28.8 Å². The molecule has 12 nitrogen and oxygen atoms in total. The first-order chi connectivity index (χ1) is 19.9. The lowest BCUT2D eigenvalue weighted by Gasteiger charge is -2.36. The molecule has 0 aromatic heterocycles. The van der Waals surface area contributed by atoms with Gasteiger partial charge in [0, 0.05) is 12.3 Å². The van der Waals surface area contributed by atoms with Gasteiger partial charge in [0.2, 0.25) is 11.8 Å². The summed E-state index contributed by atoms with van der Waals surface area (Å²) in [6, 6.07) is 4.06. The maximum atomic E-state index is 14.1. The Morgan fingerprint density at radius 1 is 1.05 bits per heavy atom. The van der Waals surface area contributed by atoms with Crippen LogP contribution in [0.1, 0.15) is 82.0 Å². The van der Waals surface area contributed by atoms with Crippen LogP contribution < -0.4 is 10.6 Å². The number of Topliss-reactive ketones (excluding diaryl/α,β-unsaturated/α-hetero) is 1. The number of hydroxylamine groups is 2. The van der Waals surface area contributed by atoms with E-state index in [1.807, 2.05) is 0 Å². The molecule has 1 saturated heterocycles. The van der Waals surface area contributed by atoms with Crippen LogP contribution in [0.4, 0.5) is 4.79 Å². The first kappa shape index (κ1) is 31.9. The van der Waals surface area contributed by atoms with Crippen molar-refractivity contribution < 1.29 is 38.3 Å². The number of imide groups is 1. The Balaban J connectivity index is 1.61. The number of benzene rings is 1. The molecule has 1 saturated carbocycles. The summed E-state index contributed by atoms with van der Waals surface area (Å²) in [5.74, 6) is -2.95. The van der Waals surface area contributed by atoms with Crippen LogP contribution in [0.15, 0.2) is 36.9 Å². The molecule has 43 heavy (non-hydrogen) atoms. The van der Waals surface area contributed by atoms with Crippen LogP contribution in [-0.4, -0.2) is 81.3 Å². The number of rotatable bonds is 8. The number of ether oxygens (including phenoxy) is 1. The van der Waals surface area contributed by atoms with Crippen LogP contribution in [0, 0.1) is 11.3 Å². The van der Waals surface area contributed by atoms with Gasteiger partial charge >= 0.3 is 6.09 Å². The van der Waals surface area contributed by atoms with E-state index >= 15 is 0 Å². The number of alkyl carbamates (subject to hydrolysis) is 1. The van der Waals surface area contributed by atoms with E-state index < -0.39 is 64.5 Å². The van der Waals surface area contributed by atoms with Crippen molar-refractivity contribution in [1.82, 2.24) is 20.6 Å². The highest BCUT2D eigenvalue weighted by Gasteiger charge is 2.59. The van der Waals surface area contributed by atoms with Gasteiger partial charge in [0.15, 0.2) is 5.78 Å². The molecule has 0 radical (unpaired) electrons. The summed E-state index contributed by atoms with van der Waals surface area (Å²) in [5, 5.41) is 6.13. The zero-order valence-corrected chi connectivity index (χ0v) is 25.7. The van der Waals surface area contributed by atoms with Crippen LogP contribution in [0.5, 0.6) is 0 Å². The van der Waals surface area contributed by atoms with E-state index in [2.05, 4.69) is 17.2 Å². The van der Waals surface area contributed by atoms with Gasteiger partial charge in [0.05, 0.1) is 17.7 Å². The quantitative estimate of drug-likeness (QED) is 0.343. The first-order valence-electron chi connectivity index (χ1n) is 14.3. The van der Waals surface area contributed by atoms with Crippen LogP contribution in [-0.2, 0) is 24.0 Å². The van der Waals surface area contributed by atoms with Crippen LogP contribution in [0.2, 0.25) is 0 Å². The number of nitrogens with zero attached hydrogens (tertiary/aromatic N) is 2. The molecule has 5 amide bonds. The van der Waals surface area contributed by atoms with E-state index in [4.69, 9.17) is 9.57 Å². The number of amides is 5. The Kier molecular flexibility index (Phi) is 8.31. The van der Waals surface area contributed by atoms with E-state index in [0.717, 1.165) is 0 Å². The van der Waals surface area contributed by atoms with E-state index in [0.29, 0.717) is 11.5 Å². The highest BCUT2D eigenvalue weighted by molar-refractivity contribution is 6.20. The van der Waals surface area contributed by atoms with Crippen LogP contribution in [0.25, 0.3) is 0 Å². The minimum Gasteiger partial charge on any atom is -0.444 e. The number of ketones is 1. The van der Waals surface area contributed by atoms with Gasteiger partial charge in [-0.25, -0.2) is 4.79 Å². The molecule has 1 aliphatic carbocycles. The second-order valence-corrected chi connectivity index (χ2v) is 13.4. The van der Waals surface area contributed by atoms with Crippen molar-refractivity contribution in [2.24, 2.45) is 11.3 Å². The van der Waals surface area contributed by atoms with Gasteiger partial charge in [0.25, 0.3) is 11.8 Å². The second-order valence-electron chi connectivity index (χ2n) is 13.4. The number of nitrogens with one attached hydrogen (secondary N) is 2. The summed E-state index contributed by atoms with van der Waals surface area (Å²) in [4.78, 5) is 86.1. The van der Waals surface area contributed by atoms with Crippen LogP contribution in [0.3, 0.4) is 0 Å². The molecule has 1 aromatic carbocycles. The molecule has 1 aromatic rings. The minimum absolute atomic E-state index is 0.0684. The fourth-order valence-electron chi connectivity index (χ4n) is 5.53. The fourth-order valence-corrected chi connectivity index (χ4v) is 5.53. The van der Waals surface area contributed by atoms with Crippen LogP contribution >= 0.6 is 0 Å². The molecule has 232 valence electrons. The van der Waals surface area contributed by atoms with Crippen molar-refractivity contribution >= 4 is 35.5 Å². The van der Waals surface area contributed by atoms with Gasteiger partial charge in [0.1, 0.15) is 29.3 Å². The predicted molar refractivity (Wildman–Crippen MR) is 154 cm³/mol. The molecule has 0 spiro atoms. The molecule has 4 rings (SSSR count). The summed E-state index contributed by atoms with van der Waals surface area (Å²) in [7, 11) is 0. The monoisotopic (exact) mass is 596 g/mol. The first-order valence-corrected chi connectivity index (χ1v) is 14.3. The predicted octanol–water partition coefficient (Wildman–Crippen LogP) is 2.77. The van der Waals surface area contributed by atoms with E-state index in [1.165, 1.54) is 24.0 Å². The minimum atomic E-state index is -1.12. The number of hydrogen-bond acceptors (Lipinski definition) is 8. The zero-order chi connectivity index (χ0) is 32.1. The third kappa shape index (κ3) is 6.34. The Morgan fingerprint density at radius 3 is 2.09 bits per heavy atom. The standard InChI is InChI=1S/C31H40N4O8/c1-9-18-15-31(18,17(2)36)33-24(37)22-14-19(43-35-25(38)20-12-10-11-13-21(20)26(35)39)16-34(22)27(40)23(29(3,4)5)32-28(41)42-30(6,7)8/h9-13,18-19,22-23H,1,14-16H2,2-8H3,(H,32,41)(H,33,37)/t18-,19-,22+,23-,31+/m1/s1. The van der Waals surface area contributed by atoms with Crippen molar-refractivity contribution in [2.75, 3.05) is 6.54 Å². The number of carbonyl (C=O) groups is 6. The highest BCUT2D eigenvalue weighted by atomic mass is 16.7. The lowest BCUT2D eigenvalue weighted by molar-refractivity contribution is -0.144. The van der Waals surface area contributed by atoms with Crippen molar-refractivity contribution in [3.63, 3.8) is 0 Å². The Hall–Kier alpha value is -4.06. The molecule has 2 aliphatic heterocycles. The SMILES string of the molecule is C=C[C@@H]1C[C@]1(NC(=O)[C@@H]1C[C@@H](ON2C(=O)c3ccccc3C2=O)CN1C(=O)[C@@H](NC(=O)OC(C)(C)C)C(C)(C)C)C(C)=O. The lowest BCUT2D eigenvalue weighted by atomic mass is 9.85. The molecule has 0 unspecified atom stereocenters. The van der Waals surface area contributed by atoms with Gasteiger partial charge < -0.3 is 20.3 Å². The molecule has 2 N–H and O–H groups in total. The molecule has 5 atom stereocenters. The van der Waals surface area contributed by atoms with Crippen molar-refractivity contribution in [3.8, 4) is 0 Å². The van der Waals surface area contributed by atoms with E-state index in [1.54, 1.807) is 59.8 Å². The van der Waals surface area contributed by atoms with Crippen molar-refractivity contribution in [1.29, 1.82) is 0 Å². The van der Waals surface area contributed by atoms with E-state index in [9.17, 15) is 28.8 Å². The van der Waals surface area contributed by atoms with Crippen molar-refractivity contribution in [2.45, 2.75) is 90.6 Å². The average molecular weight is 597 g/mol. The Bertz CT molecular complexity index is 1340. The lowest BCUT2D eigenvalue weighted by Crippen LogP contribution is -2.59. The average Bonchev–Trinajstić information content (AvgIpc) is 3.37. The number of carbonyl (C=O) groups excluding carboxylic acids is 6. The molecular weight excluding hydrogens is 556 g/mol. The zero-order valence-electron chi connectivity index (χ0n) is 25.7. The third-order valence-electron chi connectivity index (χ3n) is 7.91. The maximum Gasteiger partial charge on any atom is 0.408 e. The largest absolute Gasteiger partial charge is 0.444 e. The Morgan fingerprint density at radius 2 is 1.63 bits per heavy atom. The smallest absolute Gasteiger partial charge is 0.408 e. The van der Waals surface area contributed by atoms with Gasteiger partial charge in [-0.1, -0.05) is 39.0 Å². The van der Waals surface area contributed by atoms with Crippen molar-refractivity contribution in [3.05, 3.63) is 48.0 Å². The molecule has 2 heterocycles. The molecule has 0 bridgehead atoms. The number of hydrogen-bond donors (Lipinski definition) is 2. The van der Waals surface area contributed by atoms with Gasteiger partial charge in [-0.15, -0.1) is 11.6 Å². The fraction of sp³-hybridized carbons (Fsp3) is 0.548. The molecular formula is C31H40N4O8. The van der Waals surface area contributed by atoms with Gasteiger partial charge in [-0.05, 0) is 51.7 Å². The molecule has 3 aliphatic rings. The molecule has 2 fully saturated rings. The van der Waals surface area contributed by atoms with E-state index in [-0.39, 0.29) is 35.8 Å². The summed E-state index contributed by atoms with van der Waals surface area (Å²) in [5.41, 5.74) is -2.36. The number of likely N-dealkylation sites (tertiary alicyclic amines) is 1. The second kappa shape index (κ2) is 11.2. The third-order valence-corrected chi connectivity index (χ3v) is 7.91. The summed E-state index contributed by atoms with van der Waals surface area (Å²) in [6.45, 7) is 15.3. The summed E-state index contributed by atoms with van der Waals surface area (Å²) in [6.07, 6.45) is 0.196. The summed E-state index contributed by atoms with van der Waals surface area (Å²) >= 11 is 0. The Labute approximate surface area is 251 Å². The molecule has 12 heteroatoms. The topological polar surface area (TPSA) is 151 Å². The maximum absolute atomic E-state index is 14.1. The highest BCUT2D eigenvalue weighted by Crippen LogP contribution is 2.45.